The van der Waals surface area contributed by atoms with Crippen LogP contribution in [0.4, 0.5) is 5.69 Å². The fourth-order valence-electron chi connectivity index (χ4n) is 1.53. The van der Waals surface area contributed by atoms with E-state index in [1.54, 1.807) is 0 Å². The Morgan fingerprint density at radius 2 is 2.05 bits per heavy atom. The average Bonchev–Trinajstić information content (AvgIpc) is 2.35. The van der Waals surface area contributed by atoms with E-state index < -0.39 is 0 Å². The maximum atomic E-state index is 12.0. The van der Waals surface area contributed by atoms with E-state index in [1.165, 1.54) is 0 Å². The van der Waals surface area contributed by atoms with E-state index in [0.29, 0.717) is 5.02 Å². The van der Waals surface area contributed by atoms with Crippen molar-refractivity contribution < 1.29 is 4.79 Å². The number of rotatable bonds is 5. The van der Waals surface area contributed by atoms with Gasteiger partial charge in [0.1, 0.15) is 6.04 Å². The highest BCUT2D eigenvalue weighted by Crippen LogP contribution is 2.29. The third-order valence-electron chi connectivity index (χ3n) is 3.01. The van der Waals surface area contributed by atoms with Crippen LogP contribution in [0.15, 0.2) is 16.6 Å². The standard InChI is InChI=1S/C14H20BrClN2O/c1-5-9(3)17-14(19)10(4)18-13-7-12(16)8(2)6-11(13)15/h6-7,9-10,18H,5H2,1-4H3,(H,17,19). The second kappa shape index (κ2) is 7.15. The van der Waals surface area contributed by atoms with Crippen molar-refractivity contribution in [3.05, 3.63) is 27.2 Å². The second-order valence-electron chi connectivity index (χ2n) is 4.77. The molecule has 106 valence electrons. The van der Waals surface area contributed by atoms with Gasteiger partial charge in [-0.15, -0.1) is 0 Å². The summed E-state index contributed by atoms with van der Waals surface area (Å²) in [5, 5.41) is 6.79. The van der Waals surface area contributed by atoms with Crippen molar-refractivity contribution in [2.75, 3.05) is 5.32 Å². The molecule has 0 saturated carbocycles. The number of hydrogen-bond donors (Lipinski definition) is 2. The van der Waals surface area contributed by atoms with Crippen LogP contribution in [0.25, 0.3) is 0 Å². The predicted octanol–water partition coefficient (Wildman–Crippen LogP) is 4.13. The van der Waals surface area contributed by atoms with Crippen LogP contribution in [0.1, 0.15) is 32.8 Å². The Bertz CT molecular complexity index is 465. The molecular formula is C14H20BrClN2O. The van der Waals surface area contributed by atoms with Gasteiger partial charge < -0.3 is 10.6 Å². The molecule has 0 aliphatic rings. The van der Waals surface area contributed by atoms with Gasteiger partial charge in [-0.2, -0.15) is 0 Å². The number of carbonyl (C=O) groups is 1. The van der Waals surface area contributed by atoms with Crippen molar-refractivity contribution in [1.29, 1.82) is 0 Å². The Morgan fingerprint density at radius 1 is 1.42 bits per heavy atom. The second-order valence-corrected chi connectivity index (χ2v) is 6.03. The molecular weight excluding hydrogens is 328 g/mol. The Kier molecular flexibility index (Phi) is 6.14. The molecule has 0 fully saturated rings. The molecule has 0 aromatic heterocycles. The molecule has 0 heterocycles. The number of halogens is 2. The smallest absolute Gasteiger partial charge is 0.242 e. The van der Waals surface area contributed by atoms with E-state index in [1.807, 2.05) is 39.8 Å². The molecule has 0 aliphatic carbocycles. The van der Waals surface area contributed by atoms with Gasteiger partial charge in [-0.3, -0.25) is 4.79 Å². The van der Waals surface area contributed by atoms with E-state index >= 15 is 0 Å². The van der Waals surface area contributed by atoms with Gasteiger partial charge in [-0.05, 0) is 60.8 Å². The maximum absolute atomic E-state index is 12.0. The van der Waals surface area contributed by atoms with Crippen LogP contribution >= 0.6 is 27.5 Å². The van der Waals surface area contributed by atoms with E-state index in [-0.39, 0.29) is 18.0 Å². The molecule has 5 heteroatoms. The first-order valence-electron chi connectivity index (χ1n) is 6.37. The lowest BCUT2D eigenvalue weighted by Gasteiger charge is -2.19. The molecule has 0 spiro atoms. The highest BCUT2D eigenvalue weighted by atomic mass is 79.9. The van der Waals surface area contributed by atoms with Crippen molar-refractivity contribution in [3.63, 3.8) is 0 Å². The topological polar surface area (TPSA) is 41.1 Å². The minimum Gasteiger partial charge on any atom is -0.373 e. The number of amides is 1. The number of anilines is 1. The largest absolute Gasteiger partial charge is 0.373 e. The summed E-state index contributed by atoms with van der Waals surface area (Å²) in [4.78, 5) is 12.0. The number of aryl methyl sites for hydroxylation is 1. The van der Waals surface area contributed by atoms with E-state index in [4.69, 9.17) is 11.6 Å². The Morgan fingerprint density at radius 3 is 2.63 bits per heavy atom. The lowest BCUT2D eigenvalue weighted by Crippen LogP contribution is -2.41. The van der Waals surface area contributed by atoms with Gasteiger partial charge in [0.2, 0.25) is 5.91 Å². The third-order valence-corrected chi connectivity index (χ3v) is 4.08. The van der Waals surface area contributed by atoms with Crippen molar-refractivity contribution in [2.45, 2.75) is 46.2 Å². The van der Waals surface area contributed by atoms with Crippen LogP contribution in [-0.2, 0) is 4.79 Å². The molecule has 2 N–H and O–H groups in total. The highest BCUT2D eigenvalue weighted by Gasteiger charge is 2.15. The molecule has 0 aliphatic heterocycles. The Hall–Kier alpha value is -0.740. The molecule has 1 rings (SSSR count). The van der Waals surface area contributed by atoms with Crippen molar-refractivity contribution in [3.8, 4) is 0 Å². The third kappa shape index (κ3) is 4.69. The van der Waals surface area contributed by atoms with Crippen LogP contribution in [0.2, 0.25) is 5.02 Å². The van der Waals surface area contributed by atoms with Crippen LogP contribution in [0.3, 0.4) is 0 Å². The van der Waals surface area contributed by atoms with Gasteiger partial charge in [0.25, 0.3) is 0 Å². The zero-order chi connectivity index (χ0) is 14.6. The minimum atomic E-state index is -0.316. The van der Waals surface area contributed by atoms with Gasteiger partial charge in [0.05, 0.1) is 5.69 Å². The van der Waals surface area contributed by atoms with Crippen molar-refractivity contribution >= 4 is 39.1 Å². The average molecular weight is 348 g/mol. The van der Waals surface area contributed by atoms with E-state index in [0.717, 1.165) is 22.1 Å². The van der Waals surface area contributed by atoms with Crippen LogP contribution in [0.5, 0.6) is 0 Å². The zero-order valence-electron chi connectivity index (χ0n) is 11.7. The molecule has 2 atom stereocenters. The molecule has 0 saturated heterocycles. The van der Waals surface area contributed by atoms with Gasteiger partial charge in [0, 0.05) is 15.5 Å². The lowest BCUT2D eigenvalue weighted by molar-refractivity contribution is -0.122. The minimum absolute atomic E-state index is 0.0158. The monoisotopic (exact) mass is 346 g/mol. The zero-order valence-corrected chi connectivity index (χ0v) is 14.0. The first-order chi connectivity index (χ1) is 8.85. The molecule has 0 radical (unpaired) electrons. The Labute approximate surface area is 128 Å². The Balaban J connectivity index is 2.74. The first kappa shape index (κ1) is 16.3. The molecule has 1 amide bonds. The summed E-state index contributed by atoms with van der Waals surface area (Å²) in [6, 6.07) is 3.63. The van der Waals surface area contributed by atoms with Crippen LogP contribution < -0.4 is 10.6 Å². The summed E-state index contributed by atoms with van der Waals surface area (Å²) in [6.45, 7) is 7.80. The van der Waals surface area contributed by atoms with Crippen molar-refractivity contribution in [1.82, 2.24) is 5.32 Å². The van der Waals surface area contributed by atoms with Gasteiger partial charge in [0.15, 0.2) is 0 Å². The summed E-state index contributed by atoms with van der Waals surface area (Å²) in [7, 11) is 0. The molecule has 1 aromatic carbocycles. The van der Waals surface area contributed by atoms with Crippen molar-refractivity contribution in [2.24, 2.45) is 0 Å². The maximum Gasteiger partial charge on any atom is 0.242 e. The van der Waals surface area contributed by atoms with Crippen LogP contribution in [0, 0.1) is 6.92 Å². The summed E-state index contributed by atoms with van der Waals surface area (Å²) >= 11 is 9.56. The summed E-state index contributed by atoms with van der Waals surface area (Å²) in [6.07, 6.45) is 0.915. The number of nitrogens with one attached hydrogen (secondary N) is 2. The quantitative estimate of drug-likeness (QED) is 0.841. The number of carbonyl (C=O) groups excluding carboxylic acids is 1. The fourth-order valence-corrected chi connectivity index (χ4v) is 2.26. The van der Waals surface area contributed by atoms with Crippen LogP contribution in [-0.4, -0.2) is 18.0 Å². The van der Waals surface area contributed by atoms with Gasteiger partial charge >= 0.3 is 0 Å². The number of benzene rings is 1. The fraction of sp³-hybridized carbons (Fsp3) is 0.500. The molecule has 3 nitrogen and oxygen atoms in total. The normalized spacial score (nSPS) is 13.8. The molecule has 0 bridgehead atoms. The molecule has 2 unspecified atom stereocenters. The SMILES string of the molecule is CCC(C)NC(=O)C(C)Nc1cc(Cl)c(C)cc1Br. The summed E-state index contributed by atoms with van der Waals surface area (Å²) in [5.41, 5.74) is 1.82. The summed E-state index contributed by atoms with van der Waals surface area (Å²) in [5.74, 6) is -0.0158. The molecule has 19 heavy (non-hydrogen) atoms. The lowest BCUT2D eigenvalue weighted by atomic mass is 10.2. The molecule has 1 aromatic rings. The first-order valence-corrected chi connectivity index (χ1v) is 7.54. The summed E-state index contributed by atoms with van der Waals surface area (Å²) < 4.78 is 0.901. The van der Waals surface area contributed by atoms with Gasteiger partial charge in [-0.25, -0.2) is 0 Å². The number of hydrogen-bond acceptors (Lipinski definition) is 2. The van der Waals surface area contributed by atoms with E-state index in [9.17, 15) is 4.79 Å². The van der Waals surface area contributed by atoms with Gasteiger partial charge in [-0.1, -0.05) is 18.5 Å². The predicted molar refractivity (Wildman–Crippen MR) is 84.9 cm³/mol. The highest BCUT2D eigenvalue weighted by molar-refractivity contribution is 9.10. The van der Waals surface area contributed by atoms with E-state index in [2.05, 4.69) is 26.6 Å².